The summed E-state index contributed by atoms with van der Waals surface area (Å²) in [5.74, 6) is -0.129. The van der Waals surface area contributed by atoms with Gasteiger partial charge in [0.25, 0.3) is 5.91 Å². The minimum absolute atomic E-state index is 0.129. The molecule has 0 unspecified atom stereocenters. The highest BCUT2D eigenvalue weighted by Gasteiger charge is 2.12. The Morgan fingerprint density at radius 2 is 2.23 bits per heavy atom. The third kappa shape index (κ3) is 3.09. The van der Waals surface area contributed by atoms with Gasteiger partial charge in [-0.2, -0.15) is 5.10 Å². The fourth-order valence-electron chi connectivity index (χ4n) is 2.44. The van der Waals surface area contributed by atoms with E-state index < -0.39 is 0 Å². The van der Waals surface area contributed by atoms with Crippen molar-refractivity contribution in [2.45, 2.75) is 26.8 Å². The van der Waals surface area contributed by atoms with Crippen molar-refractivity contribution in [3.8, 4) is 0 Å². The maximum atomic E-state index is 12.1. The smallest absolute Gasteiger partial charge is 0.267 e. The molecule has 1 amide bonds. The molecule has 0 aliphatic heterocycles. The molecular weight excluding hydrogens is 348 g/mol. The molecule has 0 bridgehead atoms. The van der Waals surface area contributed by atoms with Gasteiger partial charge in [-0.25, -0.2) is 0 Å². The number of hydrogen-bond donors (Lipinski definition) is 2. The fourth-order valence-corrected chi connectivity index (χ4v) is 2.84. The number of furan rings is 1. The number of amides is 1. The molecule has 3 aromatic rings. The van der Waals surface area contributed by atoms with Gasteiger partial charge in [0.2, 0.25) is 0 Å². The van der Waals surface area contributed by atoms with Crippen LogP contribution in [-0.2, 0) is 6.54 Å². The Morgan fingerprint density at radius 1 is 1.41 bits per heavy atom. The number of aromatic amines is 1. The molecule has 0 atom stereocenters. The molecule has 2 N–H and O–H groups in total. The van der Waals surface area contributed by atoms with Crippen molar-refractivity contribution in [1.29, 1.82) is 0 Å². The van der Waals surface area contributed by atoms with Crippen LogP contribution in [-0.4, -0.2) is 27.2 Å². The molecule has 0 fully saturated rings. The van der Waals surface area contributed by atoms with Crippen LogP contribution in [0, 0.1) is 13.8 Å². The lowest BCUT2D eigenvalue weighted by molar-refractivity contribution is 0.0948. The molecule has 0 saturated heterocycles. The summed E-state index contributed by atoms with van der Waals surface area (Å²) in [5.41, 5.74) is 4.13. The quantitative estimate of drug-likeness (QED) is 0.682. The number of hydrogen-bond acceptors (Lipinski definition) is 3. The lowest BCUT2D eigenvalue weighted by Crippen LogP contribution is -2.25. The molecule has 0 spiro atoms. The number of aryl methyl sites for hydroxylation is 3. The number of fused-ring (bicyclic) bond motifs is 1. The summed E-state index contributed by atoms with van der Waals surface area (Å²) in [6.07, 6.45) is 0.829. The first-order chi connectivity index (χ1) is 10.5. The second kappa shape index (κ2) is 6.00. The molecule has 116 valence electrons. The summed E-state index contributed by atoms with van der Waals surface area (Å²) in [4.78, 5) is 15.1. The molecule has 0 aromatic carbocycles. The van der Waals surface area contributed by atoms with Crippen molar-refractivity contribution >= 4 is 32.9 Å². The number of nitrogens with one attached hydrogen (secondary N) is 2. The van der Waals surface area contributed by atoms with Gasteiger partial charge in [-0.1, -0.05) is 0 Å². The van der Waals surface area contributed by atoms with Crippen LogP contribution in [0.5, 0.6) is 0 Å². The summed E-state index contributed by atoms with van der Waals surface area (Å²) < 4.78 is 7.99. The van der Waals surface area contributed by atoms with Crippen LogP contribution in [0.1, 0.15) is 28.3 Å². The number of carbonyl (C=O) groups is 1. The second-order valence-electron chi connectivity index (χ2n) is 5.27. The summed E-state index contributed by atoms with van der Waals surface area (Å²) in [6.45, 7) is 5.40. The average Bonchev–Trinajstić information content (AvgIpc) is 3.07. The van der Waals surface area contributed by atoms with Gasteiger partial charge in [0.1, 0.15) is 5.69 Å². The highest BCUT2D eigenvalue weighted by Crippen LogP contribution is 2.23. The van der Waals surface area contributed by atoms with Crippen LogP contribution in [0.15, 0.2) is 27.3 Å². The Balaban J connectivity index is 1.51. The van der Waals surface area contributed by atoms with Gasteiger partial charge in [0, 0.05) is 30.9 Å². The van der Waals surface area contributed by atoms with Gasteiger partial charge in [-0.15, -0.1) is 0 Å². The number of H-pyrrole nitrogens is 1. The molecule has 0 aliphatic rings. The van der Waals surface area contributed by atoms with Crippen LogP contribution in [0.3, 0.4) is 0 Å². The fraction of sp³-hybridized carbons (Fsp3) is 0.333. The van der Waals surface area contributed by atoms with E-state index in [1.54, 1.807) is 12.1 Å². The van der Waals surface area contributed by atoms with Crippen molar-refractivity contribution in [2.24, 2.45) is 0 Å². The van der Waals surface area contributed by atoms with E-state index in [-0.39, 0.29) is 5.91 Å². The molecule has 0 radical (unpaired) electrons. The van der Waals surface area contributed by atoms with Crippen molar-refractivity contribution in [3.63, 3.8) is 0 Å². The van der Waals surface area contributed by atoms with Crippen molar-refractivity contribution in [3.05, 3.63) is 40.0 Å². The van der Waals surface area contributed by atoms with Crippen LogP contribution < -0.4 is 5.32 Å². The van der Waals surface area contributed by atoms with Gasteiger partial charge in [-0.3, -0.25) is 9.48 Å². The highest BCUT2D eigenvalue weighted by atomic mass is 79.9. The summed E-state index contributed by atoms with van der Waals surface area (Å²) >= 11 is 3.25. The summed E-state index contributed by atoms with van der Waals surface area (Å²) in [7, 11) is 0. The van der Waals surface area contributed by atoms with Gasteiger partial charge < -0.3 is 14.7 Å². The Labute approximate surface area is 136 Å². The Bertz CT molecular complexity index is 783. The summed E-state index contributed by atoms with van der Waals surface area (Å²) in [5, 5.41) is 7.29. The summed E-state index contributed by atoms with van der Waals surface area (Å²) in [6, 6.07) is 5.55. The van der Waals surface area contributed by atoms with Crippen molar-refractivity contribution in [2.75, 3.05) is 6.54 Å². The number of nitrogens with zero attached hydrogens (tertiary/aromatic N) is 2. The maximum absolute atomic E-state index is 12.1. The predicted octanol–water partition coefficient (Wildman–Crippen LogP) is 3.16. The first-order valence-corrected chi connectivity index (χ1v) is 7.89. The molecule has 0 aliphatic carbocycles. The van der Waals surface area contributed by atoms with Gasteiger partial charge in [0.05, 0.1) is 11.2 Å². The minimum Gasteiger partial charge on any atom is -0.448 e. The monoisotopic (exact) mass is 364 g/mol. The van der Waals surface area contributed by atoms with Crippen molar-refractivity contribution in [1.82, 2.24) is 20.1 Å². The highest BCUT2D eigenvalue weighted by molar-refractivity contribution is 9.10. The van der Waals surface area contributed by atoms with E-state index in [2.05, 4.69) is 31.3 Å². The Kier molecular flexibility index (Phi) is 4.06. The lowest BCUT2D eigenvalue weighted by atomic mass is 10.3. The lowest BCUT2D eigenvalue weighted by Gasteiger charge is -2.05. The minimum atomic E-state index is -0.129. The largest absolute Gasteiger partial charge is 0.448 e. The molecule has 3 heterocycles. The van der Waals surface area contributed by atoms with E-state index >= 15 is 0 Å². The zero-order chi connectivity index (χ0) is 15.7. The normalized spacial score (nSPS) is 11.2. The van der Waals surface area contributed by atoms with E-state index in [1.807, 2.05) is 24.6 Å². The second-order valence-corrected chi connectivity index (χ2v) is 6.05. The third-order valence-corrected chi connectivity index (χ3v) is 3.85. The topological polar surface area (TPSA) is 75.8 Å². The van der Waals surface area contributed by atoms with Crippen molar-refractivity contribution < 1.29 is 9.21 Å². The molecule has 3 aromatic heterocycles. The maximum Gasteiger partial charge on any atom is 0.267 e. The number of rotatable bonds is 5. The van der Waals surface area contributed by atoms with Crippen LogP contribution >= 0.6 is 15.9 Å². The van der Waals surface area contributed by atoms with E-state index in [4.69, 9.17) is 4.42 Å². The zero-order valence-electron chi connectivity index (χ0n) is 12.4. The van der Waals surface area contributed by atoms with Gasteiger partial charge in [0.15, 0.2) is 10.3 Å². The third-order valence-electron chi connectivity index (χ3n) is 3.46. The first kappa shape index (κ1) is 14.9. The number of aromatic nitrogens is 3. The first-order valence-electron chi connectivity index (χ1n) is 7.10. The van der Waals surface area contributed by atoms with E-state index in [9.17, 15) is 4.79 Å². The van der Waals surface area contributed by atoms with Gasteiger partial charge in [-0.05, 0) is 42.3 Å². The molecule has 6 nitrogen and oxygen atoms in total. The molecule has 0 saturated carbocycles. The van der Waals surface area contributed by atoms with E-state index in [0.717, 1.165) is 29.9 Å². The van der Waals surface area contributed by atoms with Crippen LogP contribution in [0.4, 0.5) is 0 Å². The Morgan fingerprint density at radius 3 is 2.91 bits per heavy atom. The molecule has 22 heavy (non-hydrogen) atoms. The van der Waals surface area contributed by atoms with Crippen LogP contribution in [0.25, 0.3) is 11.1 Å². The average molecular weight is 365 g/mol. The zero-order valence-corrected chi connectivity index (χ0v) is 14.0. The molecule has 7 heteroatoms. The number of carbonyl (C=O) groups excluding carboxylic acids is 1. The Hall–Kier alpha value is -2.02. The standard InChI is InChI=1S/C15H17BrN4O2/c1-9-6-10(2)20(19-9)5-3-4-17-15(21)12-7-13-11(18-12)8-14(16)22-13/h6-8,18H,3-5H2,1-2H3,(H,17,21). The number of halogens is 1. The molecule has 3 rings (SSSR count). The van der Waals surface area contributed by atoms with E-state index in [1.165, 1.54) is 0 Å². The van der Waals surface area contributed by atoms with E-state index in [0.29, 0.717) is 22.5 Å². The predicted molar refractivity (Wildman–Crippen MR) is 86.9 cm³/mol. The SMILES string of the molecule is Cc1cc(C)n(CCCNC(=O)c2cc3oc(Br)cc3[nH]2)n1. The van der Waals surface area contributed by atoms with Crippen LogP contribution in [0.2, 0.25) is 0 Å². The molecular formula is C15H17BrN4O2. The van der Waals surface area contributed by atoms with Gasteiger partial charge >= 0.3 is 0 Å².